The first kappa shape index (κ1) is 29.0. The summed E-state index contributed by atoms with van der Waals surface area (Å²) in [4.78, 5) is 17.1. The number of rotatable bonds is 5. The van der Waals surface area contributed by atoms with Gasteiger partial charge in [0.25, 0.3) is 0 Å². The van der Waals surface area contributed by atoms with Crippen LogP contribution in [0.15, 0.2) is 146 Å². The maximum atomic E-state index is 6.57. The highest BCUT2D eigenvalue weighted by Crippen LogP contribution is 2.53. The highest BCUT2D eigenvalue weighted by Gasteiger charge is 2.49. The molecule has 50 heavy (non-hydrogen) atoms. The molecule has 1 aliphatic carbocycles. The van der Waals surface area contributed by atoms with Crippen LogP contribution < -0.4 is 9.64 Å². The van der Waals surface area contributed by atoms with E-state index in [9.17, 15) is 0 Å². The Morgan fingerprint density at radius 2 is 1.52 bits per heavy atom. The van der Waals surface area contributed by atoms with Gasteiger partial charge in [0.05, 0.1) is 16.7 Å². The fourth-order valence-electron chi connectivity index (χ4n) is 8.48. The van der Waals surface area contributed by atoms with Crippen molar-refractivity contribution < 1.29 is 4.74 Å². The Hall–Kier alpha value is -6.01. The van der Waals surface area contributed by atoms with Gasteiger partial charge in [-0.25, -0.2) is 9.97 Å². The van der Waals surface area contributed by atoms with Gasteiger partial charge >= 0.3 is 0 Å². The van der Waals surface area contributed by atoms with Gasteiger partial charge in [-0.2, -0.15) is 0 Å². The molecule has 0 bridgehead atoms. The third-order valence-corrected chi connectivity index (χ3v) is 10.9. The Morgan fingerprint density at radius 3 is 2.42 bits per heavy atom. The molecule has 1 fully saturated rings. The van der Waals surface area contributed by atoms with E-state index in [2.05, 4.69) is 137 Å². The van der Waals surface area contributed by atoms with Crippen molar-refractivity contribution in [2.24, 2.45) is 0 Å². The summed E-state index contributed by atoms with van der Waals surface area (Å²) in [5.74, 6) is 1.40. The van der Waals surface area contributed by atoms with Crippen LogP contribution in [0, 0.1) is 0 Å². The number of fused-ring (bicyclic) bond motifs is 8. The standard InChI is InChI=1S/C44H35N5O/c1-44-23-20-34(28-37(44)35-11-3-5-14-39(35)50-44)49(33-21-24-45-25-22-33)32-18-16-29(17-19-32)30-9-8-10-31(27-30)41-43-42(36-12-2-4-13-38(36)46-41)47-40-15-6-7-26-48(40)43/h2-19,21-22,24-27,34,37H,20,23,28H2,1H3/t34?,37?,44-/m1/s1. The second-order valence-electron chi connectivity index (χ2n) is 13.9. The predicted molar refractivity (Wildman–Crippen MR) is 201 cm³/mol. The first-order chi connectivity index (χ1) is 24.6. The summed E-state index contributed by atoms with van der Waals surface area (Å²) in [5, 5.41) is 1.06. The Morgan fingerprint density at radius 1 is 0.740 bits per heavy atom. The predicted octanol–water partition coefficient (Wildman–Crippen LogP) is 10.4. The molecule has 4 aromatic carbocycles. The number of hydrogen-bond acceptors (Lipinski definition) is 5. The second kappa shape index (κ2) is 11.3. The topological polar surface area (TPSA) is 55.6 Å². The van der Waals surface area contributed by atoms with Gasteiger partial charge in [0.15, 0.2) is 0 Å². The molecule has 3 atom stereocenters. The first-order valence-electron chi connectivity index (χ1n) is 17.5. The van der Waals surface area contributed by atoms with E-state index in [0.29, 0.717) is 12.0 Å². The van der Waals surface area contributed by atoms with E-state index < -0.39 is 0 Å². The molecule has 6 nitrogen and oxygen atoms in total. The number of benzene rings is 4. The van der Waals surface area contributed by atoms with Crippen molar-refractivity contribution in [3.8, 4) is 28.1 Å². The van der Waals surface area contributed by atoms with Gasteiger partial charge in [0.1, 0.15) is 22.5 Å². The molecule has 0 radical (unpaired) electrons. The lowest BCUT2D eigenvalue weighted by molar-refractivity contribution is 0.0491. The SMILES string of the molecule is C[C@@]12CCC(N(c3ccncc3)c3ccc(-c4cccc(-c5nc6ccccc6c6nc7ccccn7c56)c4)cc3)CC1c1ccccc1O2. The summed E-state index contributed by atoms with van der Waals surface area (Å²) < 4.78 is 8.72. The molecule has 2 aliphatic rings. The number of aromatic nitrogens is 4. The number of imidazole rings is 1. The van der Waals surface area contributed by atoms with Crippen molar-refractivity contribution in [3.05, 3.63) is 152 Å². The van der Waals surface area contributed by atoms with Crippen LogP contribution in [-0.2, 0) is 0 Å². The number of nitrogens with zero attached hydrogens (tertiary/aromatic N) is 5. The van der Waals surface area contributed by atoms with Crippen LogP contribution in [-0.4, -0.2) is 31.0 Å². The normalized spacial score (nSPS) is 19.7. The maximum Gasteiger partial charge on any atom is 0.137 e. The molecule has 4 aromatic heterocycles. The molecule has 0 amide bonds. The summed E-state index contributed by atoms with van der Waals surface area (Å²) in [6.07, 6.45) is 8.94. The van der Waals surface area contributed by atoms with Crippen molar-refractivity contribution in [2.45, 2.75) is 43.7 Å². The molecule has 0 saturated heterocycles. The highest BCUT2D eigenvalue weighted by atomic mass is 16.5. The van der Waals surface area contributed by atoms with Crippen LogP contribution in [0.5, 0.6) is 5.75 Å². The molecule has 8 aromatic rings. The monoisotopic (exact) mass is 649 g/mol. The summed E-state index contributed by atoms with van der Waals surface area (Å²) in [6, 6.07) is 45.4. The van der Waals surface area contributed by atoms with Gasteiger partial charge < -0.3 is 9.64 Å². The fourth-order valence-corrected chi connectivity index (χ4v) is 8.48. The first-order valence-corrected chi connectivity index (χ1v) is 17.5. The van der Waals surface area contributed by atoms with Crippen molar-refractivity contribution in [3.63, 3.8) is 0 Å². The van der Waals surface area contributed by atoms with Crippen LogP contribution in [0.4, 0.5) is 11.4 Å². The molecule has 2 unspecified atom stereocenters. The number of anilines is 2. The lowest BCUT2D eigenvalue weighted by atomic mass is 9.72. The van der Waals surface area contributed by atoms with Gasteiger partial charge in [-0.15, -0.1) is 0 Å². The van der Waals surface area contributed by atoms with Gasteiger partial charge in [0.2, 0.25) is 0 Å². The van der Waals surface area contributed by atoms with Crippen LogP contribution in [0.2, 0.25) is 0 Å². The average molecular weight is 650 g/mol. The Kier molecular flexibility index (Phi) is 6.53. The van der Waals surface area contributed by atoms with Crippen molar-refractivity contribution in [2.75, 3.05) is 4.90 Å². The lowest BCUT2D eigenvalue weighted by Crippen LogP contribution is -2.46. The molecule has 0 N–H and O–H groups in total. The minimum atomic E-state index is -0.159. The Balaban J connectivity index is 1.02. The Bertz CT molecular complexity index is 2540. The zero-order valence-corrected chi connectivity index (χ0v) is 27.8. The van der Waals surface area contributed by atoms with E-state index in [-0.39, 0.29) is 5.60 Å². The number of pyridine rings is 3. The molecule has 0 spiro atoms. The van der Waals surface area contributed by atoms with E-state index in [1.807, 2.05) is 30.6 Å². The van der Waals surface area contributed by atoms with Crippen LogP contribution in [0.1, 0.15) is 37.7 Å². The van der Waals surface area contributed by atoms with Gasteiger partial charge in [-0.05, 0) is 91.9 Å². The van der Waals surface area contributed by atoms with Gasteiger partial charge in [0, 0.05) is 58.4 Å². The van der Waals surface area contributed by atoms with E-state index >= 15 is 0 Å². The third kappa shape index (κ3) is 4.59. The van der Waals surface area contributed by atoms with E-state index in [4.69, 9.17) is 14.7 Å². The molecule has 10 rings (SSSR count). The van der Waals surface area contributed by atoms with Gasteiger partial charge in [-0.1, -0.05) is 72.8 Å². The third-order valence-electron chi connectivity index (χ3n) is 10.9. The van der Waals surface area contributed by atoms with E-state index in [0.717, 1.165) is 80.7 Å². The average Bonchev–Trinajstić information content (AvgIpc) is 3.71. The highest BCUT2D eigenvalue weighted by molar-refractivity contribution is 6.09. The van der Waals surface area contributed by atoms with Crippen LogP contribution in [0.3, 0.4) is 0 Å². The quantitative estimate of drug-likeness (QED) is 0.186. The summed E-state index contributed by atoms with van der Waals surface area (Å²) in [6.45, 7) is 2.29. The summed E-state index contributed by atoms with van der Waals surface area (Å²) >= 11 is 0. The largest absolute Gasteiger partial charge is 0.487 e. The zero-order chi connectivity index (χ0) is 33.2. The van der Waals surface area contributed by atoms with Crippen LogP contribution in [0.25, 0.3) is 50.0 Å². The lowest BCUT2D eigenvalue weighted by Gasteiger charge is -2.44. The summed E-state index contributed by atoms with van der Waals surface area (Å²) in [5.41, 5.74) is 11.7. The molecule has 1 saturated carbocycles. The Labute approximate surface area is 290 Å². The maximum absolute atomic E-state index is 6.57. The zero-order valence-electron chi connectivity index (χ0n) is 27.8. The minimum Gasteiger partial charge on any atom is -0.487 e. The van der Waals surface area contributed by atoms with Crippen molar-refractivity contribution >= 4 is 39.0 Å². The van der Waals surface area contributed by atoms with Crippen molar-refractivity contribution in [1.29, 1.82) is 0 Å². The molecular weight excluding hydrogens is 615 g/mol. The molecule has 6 heteroatoms. The number of hydrogen-bond donors (Lipinski definition) is 0. The fraction of sp³-hybridized carbons (Fsp3) is 0.159. The minimum absolute atomic E-state index is 0.159. The summed E-state index contributed by atoms with van der Waals surface area (Å²) in [7, 11) is 0. The number of ether oxygens (including phenoxy) is 1. The van der Waals surface area contributed by atoms with E-state index in [1.54, 1.807) is 0 Å². The van der Waals surface area contributed by atoms with Crippen molar-refractivity contribution in [1.82, 2.24) is 19.4 Å². The molecular formula is C44H35N5O. The molecule has 1 aliphatic heterocycles. The second-order valence-corrected chi connectivity index (χ2v) is 13.9. The van der Waals surface area contributed by atoms with E-state index in [1.165, 1.54) is 11.3 Å². The number of para-hydroxylation sites is 2. The van der Waals surface area contributed by atoms with Crippen LogP contribution >= 0.6 is 0 Å². The molecule has 242 valence electrons. The smallest absolute Gasteiger partial charge is 0.137 e. The van der Waals surface area contributed by atoms with Gasteiger partial charge in [-0.3, -0.25) is 9.38 Å². The molecule has 5 heterocycles.